The molecule has 0 saturated heterocycles. The van der Waals surface area contributed by atoms with Crippen LogP contribution in [0.15, 0.2) is 54.9 Å². The summed E-state index contributed by atoms with van der Waals surface area (Å²) in [7, 11) is 0. The number of rotatable bonds is 10. The number of nitrogens with one attached hydrogen (secondary N) is 1. The molecule has 2 saturated carbocycles. The summed E-state index contributed by atoms with van der Waals surface area (Å²) < 4.78 is 15.5. The van der Waals surface area contributed by atoms with Crippen LogP contribution in [0.5, 0.6) is 11.6 Å². The van der Waals surface area contributed by atoms with Crippen molar-refractivity contribution in [2.45, 2.75) is 76.0 Å². The number of hydrogen-bond acceptors (Lipinski definition) is 7. The van der Waals surface area contributed by atoms with Gasteiger partial charge in [0.25, 0.3) is 11.8 Å². The number of para-hydroxylation sites is 1. The van der Waals surface area contributed by atoms with Gasteiger partial charge in [-0.25, -0.2) is 9.20 Å². The number of carbonyl (C=O) groups is 2. The number of hydrogen-bond donors (Lipinski definition) is 3. The van der Waals surface area contributed by atoms with Crippen LogP contribution in [0.2, 0.25) is 0 Å². The minimum Gasteiger partial charge on any atom is -0.489 e. The highest BCUT2D eigenvalue weighted by Crippen LogP contribution is 2.44. The number of benzene rings is 1. The molecule has 3 heterocycles. The lowest BCUT2D eigenvalue weighted by molar-refractivity contribution is 0.0279. The lowest BCUT2D eigenvalue weighted by Gasteiger charge is -2.29. The van der Waals surface area contributed by atoms with E-state index >= 15 is 0 Å². The summed E-state index contributed by atoms with van der Waals surface area (Å²) in [6, 6.07) is 13.2. The Morgan fingerprint density at radius 2 is 1.79 bits per heavy atom. The second-order valence-electron chi connectivity index (χ2n) is 11.9. The highest BCUT2D eigenvalue weighted by atomic mass is 16.5. The van der Waals surface area contributed by atoms with Crippen molar-refractivity contribution in [2.24, 2.45) is 5.73 Å². The maximum Gasteiger partial charge on any atom is 0.255 e. The summed E-state index contributed by atoms with van der Waals surface area (Å²) in [5.41, 5.74) is 7.87. The third kappa shape index (κ3) is 5.96. The summed E-state index contributed by atoms with van der Waals surface area (Å²) in [6.45, 7) is 3.57. The van der Waals surface area contributed by atoms with Crippen molar-refractivity contribution < 1.29 is 24.2 Å². The van der Waals surface area contributed by atoms with Crippen LogP contribution in [0.3, 0.4) is 0 Å². The van der Waals surface area contributed by atoms with Crippen LogP contribution in [0.1, 0.15) is 84.7 Å². The van der Waals surface area contributed by atoms with Gasteiger partial charge in [0.2, 0.25) is 5.88 Å². The first kappa shape index (κ1) is 27.8. The molecule has 0 spiro atoms. The molecule has 0 unspecified atom stereocenters. The van der Waals surface area contributed by atoms with E-state index in [1.807, 2.05) is 47.0 Å². The summed E-state index contributed by atoms with van der Waals surface area (Å²) >= 11 is 0. The lowest BCUT2D eigenvalue weighted by Crippen LogP contribution is -2.39. The van der Waals surface area contributed by atoms with Crippen LogP contribution in [0, 0.1) is 0 Å². The van der Waals surface area contributed by atoms with Gasteiger partial charge in [0.1, 0.15) is 24.0 Å². The lowest BCUT2D eigenvalue weighted by atomic mass is 9.92. The van der Waals surface area contributed by atoms with Gasteiger partial charge < -0.3 is 25.6 Å². The second kappa shape index (κ2) is 11.1. The molecule has 3 aromatic heterocycles. The standard InChI is InChI=1S/C31H36N6O5/c1-31(2,40)18-41-26-15-14-25-23(16-33-37(25)27(26)19-8-9-19)29(39)34-20-10-12-22(13-11-20)42-30-24(28(32)38)17-36(35-30)21-6-4-3-5-7-21/h3-7,14-17,19-20,22,40H,8-13,18H2,1-2H3,(H2,32,38)(H,34,39). The van der Waals surface area contributed by atoms with Crippen LogP contribution in [-0.2, 0) is 0 Å². The van der Waals surface area contributed by atoms with Crippen LogP contribution in [0.25, 0.3) is 11.2 Å². The van der Waals surface area contributed by atoms with Crippen molar-refractivity contribution in [3.05, 3.63) is 71.7 Å². The number of aliphatic hydroxyl groups is 1. The number of pyridine rings is 1. The predicted octanol–water partition coefficient (Wildman–Crippen LogP) is 3.77. The van der Waals surface area contributed by atoms with Crippen molar-refractivity contribution >= 4 is 17.3 Å². The molecule has 2 aliphatic rings. The largest absolute Gasteiger partial charge is 0.489 e. The molecule has 2 amide bonds. The van der Waals surface area contributed by atoms with Gasteiger partial charge in [-0.2, -0.15) is 5.10 Å². The Morgan fingerprint density at radius 3 is 2.45 bits per heavy atom. The number of carbonyl (C=O) groups excluding carboxylic acids is 2. The first-order valence-corrected chi connectivity index (χ1v) is 14.4. The SMILES string of the molecule is CC(C)(O)COc1ccc2c(C(=O)NC3CCC(Oc4nn(-c5ccccc5)cc4C(N)=O)CC3)cnn2c1C1CC1. The molecular weight excluding hydrogens is 536 g/mol. The van der Waals surface area contributed by atoms with Gasteiger partial charge in [-0.05, 0) is 76.6 Å². The molecule has 11 nitrogen and oxygen atoms in total. The quantitative estimate of drug-likeness (QED) is 0.262. The van der Waals surface area contributed by atoms with Crippen LogP contribution in [0.4, 0.5) is 0 Å². The molecule has 2 fully saturated rings. The van der Waals surface area contributed by atoms with E-state index in [4.69, 9.17) is 15.2 Å². The Morgan fingerprint density at radius 1 is 1.05 bits per heavy atom. The number of aromatic nitrogens is 4. The van der Waals surface area contributed by atoms with Gasteiger partial charge in [-0.15, -0.1) is 5.10 Å². The second-order valence-corrected chi connectivity index (χ2v) is 11.9. The summed E-state index contributed by atoms with van der Waals surface area (Å²) in [4.78, 5) is 25.4. The van der Waals surface area contributed by atoms with Crippen LogP contribution in [-0.4, -0.2) is 60.7 Å². The minimum atomic E-state index is -0.955. The minimum absolute atomic E-state index is 0.0120. The Balaban J connectivity index is 1.10. The predicted molar refractivity (Wildman–Crippen MR) is 155 cm³/mol. The molecule has 0 bridgehead atoms. The van der Waals surface area contributed by atoms with Crippen molar-refractivity contribution in [1.29, 1.82) is 0 Å². The van der Waals surface area contributed by atoms with E-state index in [-0.39, 0.29) is 36.1 Å². The van der Waals surface area contributed by atoms with Gasteiger partial charge in [-0.1, -0.05) is 18.2 Å². The van der Waals surface area contributed by atoms with Crippen molar-refractivity contribution in [3.63, 3.8) is 0 Å². The van der Waals surface area contributed by atoms with Crippen LogP contribution < -0.4 is 20.5 Å². The molecule has 42 heavy (non-hydrogen) atoms. The molecule has 220 valence electrons. The maximum atomic E-state index is 13.3. The zero-order chi connectivity index (χ0) is 29.4. The number of amides is 2. The van der Waals surface area contributed by atoms with Gasteiger partial charge in [0, 0.05) is 18.2 Å². The molecule has 0 aliphatic heterocycles. The highest BCUT2D eigenvalue weighted by molar-refractivity contribution is 6.01. The fourth-order valence-corrected chi connectivity index (χ4v) is 5.41. The van der Waals surface area contributed by atoms with Crippen molar-refractivity contribution in [3.8, 4) is 17.3 Å². The molecular formula is C31H36N6O5. The Bertz CT molecular complexity index is 1590. The Labute approximate surface area is 243 Å². The molecule has 0 atom stereocenters. The first-order valence-electron chi connectivity index (χ1n) is 14.4. The Kier molecular flexibility index (Phi) is 7.36. The number of fused-ring (bicyclic) bond motifs is 1. The van der Waals surface area contributed by atoms with Crippen molar-refractivity contribution in [1.82, 2.24) is 24.7 Å². The molecule has 11 heteroatoms. The van der Waals surface area contributed by atoms with E-state index < -0.39 is 11.5 Å². The average Bonchev–Trinajstić information content (AvgIpc) is 3.56. The number of nitrogens with zero attached hydrogens (tertiary/aromatic N) is 4. The summed E-state index contributed by atoms with van der Waals surface area (Å²) in [5.74, 6) is 0.475. The Hall–Kier alpha value is -4.38. The average molecular weight is 573 g/mol. The molecule has 4 aromatic rings. The zero-order valence-electron chi connectivity index (χ0n) is 23.8. The highest BCUT2D eigenvalue weighted by Gasteiger charge is 2.32. The normalized spacial score (nSPS) is 19.0. The van der Waals surface area contributed by atoms with E-state index in [9.17, 15) is 14.7 Å². The topological polar surface area (TPSA) is 146 Å². The summed E-state index contributed by atoms with van der Waals surface area (Å²) in [5, 5.41) is 22.3. The number of nitrogens with two attached hydrogens (primary N) is 1. The van der Waals surface area contributed by atoms with Gasteiger partial charge in [-0.3, -0.25) is 9.59 Å². The van der Waals surface area contributed by atoms with Gasteiger partial charge in [0.05, 0.1) is 34.3 Å². The van der Waals surface area contributed by atoms with E-state index in [1.54, 1.807) is 30.9 Å². The fourth-order valence-electron chi connectivity index (χ4n) is 5.41. The molecule has 1 aromatic carbocycles. The smallest absolute Gasteiger partial charge is 0.255 e. The third-order valence-electron chi connectivity index (χ3n) is 7.72. The summed E-state index contributed by atoms with van der Waals surface area (Å²) in [6.07, 6.45) is 7.98. The monoisotopic (exact) mass is 572 g/mol. The van der Waals surface area contributed by atoms with E-state index in [0.717, 1.165) is 42.6 Å². The number of ether oxygens (including phenoxy) is 2. The zero-order valence-corrected chi connectivity index (χ0v) is 23.8. The first-order chi connectivity index (χ1) is 20.2. The number of primary amides is 1. The van der Waals surface area contributed by atoms with Gasteiger partial charge in [0.15, 0.2) is 0 Å². The molecule has 2 aliphatic carbocycles. The van der Waals surface area contributed by atoms with E-state index in [0.29, 0.717) is 30.1 Å². The molecule has 6 rings (SSSR count). The molecule has 0 radical (unpaired) electrons. The third-order valence-corrected chi connectivity index (χ3v) is 7.72. The van der Waals surface area contributed by atoms with Crippen LogP contribution >= 0.6 is 0 Å². The van der Waals surface area contributed by atoms with E-state index in [1.165, 1.54) is 0 Å². The molecule has 4 N–H and O–H groups in total. The van der Waals surface area contributed by atoms with E-state index in [2.05, 4.69) is 15.5 Å². The maximum absolute atomic E-state index is 13.3. The van der Waals surface area contributed by atoms with Gasteiger partial charge >= 0.3 is 0 Å². The van der Waals surface area contributed by atoms with Crippen molar-refractivity contribution in [2.75, 3.05) is 6.61 Å². The fraction of sp³-hybridized carbons (Fsp3) is 0.419.